The summed E-state index contributed by atoms with van der Waals surface area (Å²) in [6, 6.07) is 37.7. The fraction of sp³-hybridized carbons (Fsp3) is 0.239. The van der Waals surface area contributed by atoms with E-state index in [0.29, 0.717) is 0 Å². The van der Waals surface area contributed by atoms with Gasteiger partial charge in [-0.15, -0.1) is 0 Å². The predicted octanol–water partition coefficient (Wildman–Crippen LogP) is 11.3. The van der Waals surface area contributed by atoms with Crippen molar-refractivity contribution in [2.24, 2.45) is 0 Å². The minimum Gasteiger partial charge on any atom is -0.347 e. The Morgan fingerprint density at radius 3 is 1.47 bits per heavy atom. The van der Waals surface area contributed by atoms with Gasteiger partial charge >= 0.3 is 0 Å². The Labute approximate surface area is 295 Å². The van der Waals surface area contributed by atoms with Gasteiger partial charge in [-0.25, -0.2) is 0 Å². The number of likely N-dealkylation sites (N-methyl/N-ethyl adjacent to an activating group) is 2. The third-order valence-corrected chi connectivity index (χ3v) is 12.3. The van der Waals surface area contributed by atoms with Crippen LogP contribution in [0.1, 0.15) is 58.1 Å². The third kappa shape index (κ3) is 5.18. The lowest BCUT2D eigenvalue weighted by atomic mass is 9.80. The Balaban J connectivity index is 1.21. The zero-order valence-electron chi connectivity index (χ0n) is 29.5. The molecule has 49 heavy (non-hydrogen) atoms. The molecule has 5 aromatic rings. The molecule has 1 fully saturated rings. The first kappa shape index (κ1) is 31.5. The van der Waals surface area contributed by atoms with Crippen LogP contribution in [-0.2, 0) is 22.2 Å². The standard InChI is InChI=1S/C46H45N2S/c1-45(2)40(47(5)38-27-23-31-15-10-12-21-36(31)42(38)45)29-25-33-17-14-18-34(44(33)49-35-19-8-7-9-20-35)26-30-41-46(3,4)43-37-22-13-11-16-32(37)24-28-39(43)48(41)6/h7-13,15-16,19-30H,14,17-18H2,1-6H3/q+1/b33-25+,34-26+,40-29?,41-30?. The predicted molar refractivity (Wildman–Crippen MR) is 214 cm³/mol. The van der Waals surface area contributed by atoms with E-state index in [4.69, 9.17) is 0 Å². The lowest BCUT2D eigenvalue weighted by Gasteiger charge is -2.25. The lowest BCUT2D eigenvalue weighted by Crippen LogP contribution is -2.23. The Hall–Kier alpha value is -4.73. The van der Waals surface area contributed by atoms with Gasteiger partial charge in [-0.3, -0.25) is 0 Å². The van der Waals surface area contributed by atoms with E-state index < -0.39 is 0 Å². The van der Waals surface area contributed by atoms with Gasteiger partial charge in [-0.1, -0.05) is 119 Å². The average molecular weight is 658 g/mol. The smallest absolute Gasteiger partial charge is 0.237 e. The number of rotatable bonds is 3. The number of hydrogen-bond acceptors (Lipinski definition) is 2. The van der Waals surface area contributed by atoms with E-state index >= 15 is 0 Å². The van der Waals surface area contributed by atoms with Crippen LogP contribution >= 0.6 is 0 Å². The van der Waals surface area contributed by atoms with Gasteiger partial charge in [0.15, 0.2) is 0 Å². The third-order valence-electron chi connectivity index (χ3n) is 11.1. The van der Waals surface area contributed by atoms with Crippen LogP contribution in [0.5, 0.6) is 0 Å². The summed E-state index contributed by atoms with van der Waals surface area (Å²) >= 11 is 1.92. The number of benzene rings is 5. The summed E-state index contributed by atoms with van der Waals surface area (Å²) in [6.45, 7) is 9.54. The normalized spacial score (nSPS) is 21.4. The van der Waals surface area contributed by atoms with Gasteiger partial charge in [0.25, 0.3) is 0 Å². The molecule has 2 heterocycles. The van der Waals surface area contributed by atoms with Crippen LogP contribution < -0.4 is 9.80 Å². The first-order chi connectivity index (χ1) is 23.7. The summed E-state index contributed by atoms with van der Waals surface area (Å²) in [4.78, 5) is 7.50. The molecule has 5 aromatic carbocycles. The highest BCUT2D eigenvalue weighted by Gasteiger charge is 2.41. The number of nitrogens with zero attached hydrogens (tertiary/aromatic N) is 2. The van der Waals surface area contributed by atoms with E-state index in [1.807, 2.05) is 11.4 Å². The molecule has 244 valence electrons. The number of hydrogen-bond donors (Lipinski definition) is 0. The maximum absolute atomic E-state index is 2.43. The maximum atomic E-state index is 2.43. The molecule has 3 heteroatoms. The molecule has 1 saturated carbocycles. The van der Waals surface area contributed by atoms with Crippen LogP contribution in [0.2, 0.25) is 0 Å². The van der Waals surface area contributed by atoms with E-state index in [-0.39, 0.29) is 10.8 Å². The fourth-order valence-corrected chi connectivity index (χ4v) is 9.84. The Morgan fingerprint density at radius 2 is 0.980 bits per heavy atom. The van der Waals surface area contributed by atoms with Gasteiger partial charge in [-0.2, -0.15) is 0 Å². The van der Waals surface area contributed by atoms with Crippen molar-refractivity contribution >= 4 is 49.1 Å². The fourth-order valence-electron chi connectivity index (χ4n) is 8.70. The summed E-state index contributed by atoms with van der Waals surface area (Å²) in [6.07, 6.45) is 13.0. The molecule has 0 spiro atoms. The van der Waals surface area contributed by atoms with Crippen LogP contribution in [0, 0.1) is 0 Å². The summed E-state index contributed by atoms with van der Waals surface area (Å²) in [5.41, 5.74) is 10.8. The Kier molecular flexibility index (Phi) is 7.72. The van der Waals surface area contributed by atoms with Crippen molar-refractivity contribution in [2.45, 2.75) is 62.7 Å². The van der Waals surface area contributed by atoms with E-state index in [1.54, 1.807) is 0 Å². The van der Waals surface area contributed by atoms with Gasteiger partial charge in [0, 0.05) is 71.0 Å². The van der Waals surface area contributed by atoms with E-state index in [1.165, 1.54) is 76.3 Å². The first-order valence-corrected chi connectivity index (χ1v) is 18.4. The topological polar surface area (TPSA) is 6.48 Å². The van der Waals surface area contributed by atoms with Crippen molar-refractivity contribution in [2.75, 3.05) is 23.9 Å². The number of allylic oxidation sites excluding steroid dienone is 8. The van der Waals surface area contributed by atoms with Crippen molar-refractivity contribution in [1.29, 1.82) is 0 Å². The van der Waals surface area contributed by atoms with Crippen molar-refractivity contribution in [3.8, 4) is 0 Å². The van der Waals surface area contributed by atoms with Crippen LogP contribution in [0.15, 0.2) is 155 Å². The summed E-state index contributed by atoms with van der Waals surface area (Å²) < 4.78 is 0. The highest BCUT2D eigenvalue weighted by atomic mass is 32.1. The van der Waals surface area contributed by atoms with Crippen LogP contribution in [0.3, 0.4) is 0 Å². The molecule has 2 aliphatic heterocycles. The van der Waals surface area contributed by atoms with E-state index in [2.05, 4.69) is 179 Å². The van der Waals surface area contributed by atoms with Crippen molar-refractivity contribution < 1.29 is 0 Å². The molecule has 0 bridgehead atoms. The monoisotopic (exact) mass is 657 g/mol. The highest BCUT2D eigenvalue weighted by Crippen LogP contribution is 2.51. The SMILES string of the molecule is CN1C(=C/C=C2\CCC/C(=C\C=C3N(C)c4ccc5ccccc5c4C3(C)C)C2=[S+]c2ccccc2)C(C)(C)c2c1ccc1ccccc21. The molecule has 0 unspecified atom stereocenters. The zero-order chi connectivity index (χ0) is 33.9. The molecule has 0 amide bonds. The number of anilines is 2. The zero-order valence-corrected chi connectivity index (χ0v) is 30.4. The molecule has 2 nitrogen and oxygen atoms in total. The minimum atomic E-state index is -0.107. The summed E-state index contributed by atoms with van der Waals surface area (Å²) in [7, 11) is 4.46. The van der Waals surface area contributed by atoms with E-state index in [9.17, 15) is 0 Å². The lowest BCUT2D eigenvalue weighted by molar-refractivity contribution is 0.645. The molecular weight excluding hydrogens is 613 g/mol. The van der Waals surface area contributed by atoms with E-state index in [0.717, 1.165) is 19.3 Å². The van der Waals surface area contributed by atoms with Crippen LogP contribution in [-0.4, -0.2) is 19.0 Å². The van der Waals surface area contributed by atoms with Gasteiger partial charge in [-0.05, 0) is 76.2 Å². The molecular formula is C46H45N2S+. The maximum Gasteiger partial charge on any atom is 0.237 e. The largest absolute Gasteiger partial charge is 0.347 e. The summed E-state index contributed by atoms with van der Waals surface area (Å²) in [5, 5.41) is 5.32. The van der Waals surface area contributed by atoms with Gasteiger partial charge in [0.1, 0.15) is 0 Å². The highest BCUT2D eigenvalue weighted by molar-refractivity contribution is 7.79. The average Bonchev–Trinajstić information content (AvgIpc) is 3.44. The first-order valence-electron chi connectivity index (χ1n) is 17.6. The quantitative estimate of drug-likeness (QED) is 0.108. The molecule has 0 radical (unpaired) electrons. The molecule has 3 aliphatic rings. The molecule has 0 atom stereocenters. The molecule has 8 rings (SSSR count). The molecule has 0 saturated heterocycles. The summed E-state index contributed by atoms with van der Waals surface area (Å²) in [5.74, 6) is 0. The molecule has 0 N–H and O–H groups in total. The molecule has 0 aromatic heterocycles. The van der Waals surface area contributed by atoms with Gasteiger partial charge < -0.3 is 9.80 Å². The van der Waals surface area contributed by atoms with Crippen molar-refractivity contribution in [3.63, 3.8) is 0 Å². The minimum absolute atomic E-state index is 0.107. The number of fused-ring (bicyclic) bond motifs is 6. The van der Waals surface area contributed by atoms with Gasteiger partial charge in [0.2, 0.25) is 21.1 Å². The Morgan fingerprint density at radius 1 is 0.531 bits per heavy atom. The van der Waals surface area contributed by atoms with Crippen molar-refractivity contribution in [3.05, 3.63) is 161 Å². The van der Waals surface area contributed by atoms with Crippen LogP contribution in [0.25, 0.3) is 21.5 Å². The Bertz CT molecular complexity index is 2140. The second kappa shape index (κ2) is 12.0. The second-order valence-electron chi connectivity index (χ2n) is 14.8. The van der Waals surface area contributed by atoms with Crippen molar-refractivity contribution in [1.82, 2.24) is 0 Å². The molecule has 1 aliphatic carbocycles. The van der Waals surface area contributed by atoms with Crippen LogP contribution in [0.4, 0.5) is 11.4 Å². The second-order valence-corrected chi connectivity index (χ2v) is 15.9. The van der Waals surface area contributed by atoms with Gasteiger partial charge in [0.05, 0.1) is 0 Å².